The second-order valence-corrected chi connectivity index (χ2v) is 13.5. The van der Waals surface area contributed by atoms with Gasteiger partial charge in [-0.25, -0.2) is 9.52 Å². The predicted octanol–water partition coefficient (Wildman–Crippen LogP) is 2.04. The molecule has 43 heavy (non-hydrogen) atoms. The first-order valence-corrected chi connectivity index (χ1v) is 16.2. The Morgan fingerprint density at radius 2 is 1.95 bits per heavy atom. The van der Waals surface area contributed by atoms with Gasteiger partial charge in [0.15, 0.2) is 0 Å². The van der Waals surface area contributed by atoms with Gasteiger partial charge in [0.1, 0.15) is 17.7 Å². The van der Waals surface area contributed by atoms with Crippen molar-refractivity contribution in [1.29, 1.82) is 0 Å². The molecular weight excluding hydrogens is 576 g/mol. The van der Waals surface area contributed by atoms with Crippen LogP contribution in [0.25, 0.3) is 0 Å². The molecule has 1 aliphatic carbocycles. The number of allylic oxidation sites excluding steroid dienone is 2. The van der Waals surface area contributed by atoms with E-state index in [2.05, 4.69) is 19.7 Å². The molecular formula is C29H44N6O7S. The zero-order chi connectivity index (χ0) is 31.6. The number of pyridine rings is 1. The van der Waals surface area contributed by atoms with Gasteiger partial charge in [-0.1, -0.05) is 31.1 Å². The monoisotopic (exact) mass is 620 g/mol. The van der Waals surface area contributed by atoms with E-state index in [4.69, 9.17) is 10.5 Å². The van der Waals surface area contributed by atoms with Gasteiger partial charge in [0.05, 0.1) is 12.2 Å². The van der Waals surface area contributed by atoms with Gasteiger partial charge in [-0.05, 0) is 77.3 Å². The van der Waals surface area contributed by atoms with Gasteiger partial charge in [0, 0.05) is 18.7 Å². The highest BCUT2D eigenvalue weighted by atomic mass is 32.2. The molecule has 5 N–H and O–H groups in total. The van der Waals surface area contributed by atoms with E-state index in [1.54, 1.807) is 45.2 Å². The molecule has 0 spiro atoms. The third-order valence-electron chi connectivity index (χ3n) is 7.18. The topological polar surface area (TPSA) is 190 Å². The molecule has 13 nitrogen and oxygen atoms in total. The molecule has 1 aromatic heterocycles. The maximum Gasteiger partial charge on any atom is 0.408 e. The number of unbranched alkanes of at least 4 members (excludes halogenated alkanes) is 3. The van der Waals surface area contributed by atoms with Crippen LogP contribution in [0.2, 0.25) is 0 Å². The Labute approximate surface area is 253 Å². The number of hydrogen-bond donors (Lipinski definition) is 4. The molecule has 0 radical (unpaired) electrons. The third-order valence-corrected chi connectivity index (χ3v) is 8.18. The lowest BCUT2D eigenvalue weighted by molar-refractivity contribution is -0.139. The molecule has 14 heteroatoms. The van der Waals surface area contributed by atoms with E-state index in [9.17, 15) is 27.6 Å². The van der Waals surface area contributed by atoms with Crippen LogP contribution in [0.3, 0.4) is 0 Å². The van der Waals surface area contributed by atoms with E-state index in [0.717, 1.165) is 19.3 Å². The van der Waals surface area contributed by atoms with E-state index in [1.165, 1.54) is 4.90 Å². The highest BCUT2D eigenvalue weighted by molar-refractivity contribution is 7.88. The molecule has 4 atom stereocenters. The van der Waals surface area contributed by atoms with Gasteiger partial charge in [0.25, 0.3) is 0 Å². The summed E-state index contributed by atoms with van der Waals surface area (Å²) < 4.78 is 34.1. The number of aromatic nitrogens is 1. The van der Waals surface area contributed by atoms with Crippen molar-refractivity contribution in [3.8, 4) is 0 Å². The summed E-state index contributed by atoms with van der Waals surface area (Å²) in [7, 11) is -3.98. The van der Waals surface area contributed by atoms with E-state index >= 15 is 0 Å². The number of ether oxygens (including phenoxy) is 1. The third kappa shape index (κ3) is 11.6. The van der Waals surface area contributed by atoms with E-state index in [1.807, 2.05) is 12.2 Å². The smallest absolute Gasteiger partial charge is 0.408 e. The SMILES string of the molecule is CC(C)(C)OC(=O)NC(CCCCC/C=C\C1C[C@@H]1C(=O)NS(=O)(=O)NCc1ccccn1)C(=O)N1CCC[C@H]1C(N)=O. The van der Waals surface area contributed by atoms with Gasteiger partial charge < -0.3 is 20.7 Å². The minimum atomic E-state index is -3.98. The molecule has 4 amide bonds. The molecule has 1 aromatic rings. The number of likely N-dealkylation sites (tertiary alicyclic amines) is 1. The number of carbonyl (C=O) groups excluding carboxylic acids is 4. The highest BCUT2D eigenvalue weighted by Gasteiger charge is 2.42. The molecule has 3 rings (SSSR count). The molecule has 238 valence electrons. The van der Waals surface area contributed by atoms with Crippen LogP contribution in [0.15, 0.2) is 36.5 Å². The molecule has 1 saturated carbocycles. The number of hydrogen-bond acceptors (Lipinski definition) is 8. The van der Waals surface area contributed by atoms with Crippen molar-refractivity contribution in [3.05, 3.63) is 42.2 Å². The first-order chi connectivity index (χ1) is 20.3. The van der Waals surface area contributed by atoms with Crippen molar-refractivity contribution < 1.29 is 32.3 Å². The summed E-state index contributed by atoms with van der Waals surface area (Å²) in [5, 5.41) is 2.68. The molecule has 1 aliphatic heterocycles. The van der Waals surface area contributed by atoms with Crippen LogP contribution in [0.5, 0.6) is 0 Å². The maximum atomic E-state index is 13.2. The molecule has 2 unspecified atom stereocenters. The van der Waals surface area contributed by atoms with E-state index < -0.39 is 45.8 Å². The lowest BCUT2D eigenvalue weighted by atomic mass is 10.0. The summed E-state index contributed by atoms with van der Waals surface area (Å²) in [6.07, 6.45) is 9.97. The number of rotatable bonds is 15. The fourth-order valence-corrected chi connectivity index (χ4v) is 5.76. The lowest BCUT2D eigenvalue weighted by Crippen LogP contribution is -2.53. The van der Waals surface area contributed by atoms with Crippen LogP contribution in [-0.4, -0.2) is 66.3 Å². The molecule has 0 bridgehead atoms. The van der Waals surface area contributed by atoms with Crippen molar-refractivity contribution in [3.63, 3.8) is 0 Å². The molecule has 0 aromatic carbocycles. The van der Waals surface area contributed by atoms with Gasteiger partial charge in [-0.2, -0.15) is 13.1 Å². The molecule has 2 aliphatic rings. The van der Waals surface area contributed by atoms with Gasteiger partial charge in [-0.3, -0.25) is 19.4 Å². The van der Waals surface area contributed by atoms with Gasteiger partial charge in [0.2, 0.25) is 17.7 Å². The standard InChI is InChI=1S/C29H44N6O7S/c1-29(2,3)42-28(39)33-23(27(38)35-17-11-15-24(35)25(30)36)14-8-6-4-5-7-12-20-18-22(20)26(37)34-43(40,41)32-19-21-13-9-10-16-31-21/h7,9-10,12-13,16,20,22-24,32H,4-6,8,11,14-15,17-19H2,1-3H3,(H2,30,36)(H,33,39)(H,34,37)/b12-7-/t20?,22-,23?,24-/m0/s1. The summed E-state index contributed by atoms with van der Waals surface area (Å²) in [5.74, 6) is -1.82. The molecule has 1 saturated heterocycles. The minimum Gasteiger partial charge on any atom is -0.444 e. The van der Waals surface area contributed by atoms with E-state index in [-0.39, 0.29) is 24.3 Å². The quantitative estimate of drug-likeness (QED) is 0.169. The van der Waals surface area contributed by atoms with Gasteiger partial charge >= 0.3 is 16.3 Å². The fourth-order valence-electron chi connectivity index (χ4n) is 4.94. The molecule has 2 heterocycles. The number of nitrogens with zero attached hydrogens (tertiary/aromatic N) is 2. The van der Waals surface area contributed by atoms with Crippen LogP contribution in [0.1, 0.15) is 77.8 Å². The number of nitrogens with two attached hydrogens (primary N) is 1. The second kappa shape index (κ2) is 15.3. The number of alkyl carbamates (subject to hydrolysis) is 1. The Kier molecular flexibility index (Phi) is 12.1. The van der Waals surface area contributed by atoms with Crippen molar-refractivity contribution >= 4 is 34.0 Å². The average molecular weight is 621 g/mol. The van der Waals surface area contributed by atoms with Gasteiger partial charge in [-0.15, -0.1) is 0 Å². The van der Waals surface area contributed by atoms with Crippen molar-refractivity contribution in [2.24, 2.45) is 17.6 Å². The molecule has 2 fully saturated rings. The van der Waals surface area contributed by atoms with Crippen LogP contribution in [0, 0.1) is 11.8 Å². The maximum absolute atomic E-state index is 13.2. The largest absolute Gasteiger partial charge is 0.444 e. The zero-order valence-corrected chi connectivity index (χ0v) is 25.9. The zero-order valence-electron chi connectivity index (χ0n) is 25.1. The number of primary amides is 1. The Morgan fingerprint density at radius 1 is 1.19 bits per heavy atom. The van der Waals surface area contributed by atoms with Crippen LogP contribution in [0.4, 0.5) is 4.79 Å². The van der Waals surface area contributed by atoms with Crippen molar-refractivity contribution in [2.75, 3.05) is 6.54 Å². The van der Waals surface area contributed by atoms with Crippen LogP contribution >= 0.6 is 0 Å². The Bertz CT molecular complexity index is 1270. The first kappa shape index (κ1) is 34.0. The fraction of sp³-hybridized carbons (Fsp3) is 0.621. The number of amides is 4. The average Bonchev–Trinajstić information content (AvgIpc) is 3.53. The van der Waals surface area contributed by atoms with Crippen molar-refractivity contribution in [2.45, 2.75) is 96.4 Å². The summed E-state index contributed by atoms with van der Waals surface area (Å²) in [6.45, 7) is 5.61. The van der Waals surface area contributed by atoms with Crippen LogP contribution in [-0.2, 0) is 35.9 Å². The Balaban J connectivity index is 1.38. The van der Waals surface area contributed by atoms with E-state index in [0.29, 0.717) is 44.3 Å². The lowest BCUT2D eigenvalue weighted by Gasteiger charge is -2.28. The summed E-state index contributed by atoms with van der Waals surface area (Å²) in [4.78, 5) is 55.3. The predicted molar refractivity (Wildman–Crippen MR) is 159 cm³/mol. The number of carbonyl (C=O) groups is 4. The minimum absolute atomic E-state index is 0.00955. The Hall–Kier alpha value is -3.52. The van der Waals surface area contributed by atoms with Crippen molar-refractivity contribution in [1.82, 2.24) is 24.6 Å². The normalized spacial score (nSPS) is 20.9. The highest BCUT2D eigenvalue weighted by Crippen LogP contribution is 2.40. The number of nitrogens with one attached hydrogen (secondary N) is 3. The second-order valence-electron chi connectivity index (χ2n) is 12.0. The first-order valence-electron chi connectivity index (χ1n) is 14.7. The summed E-state index contributed by atoms with van der Waals surface area (Å²) >= 11 is 0. The summed E-state index contributed by atoms with van der Waals surface area (Å²) in [6, 6.07) is 3.65. The van der Waals surface area contributed by atoms with Crippen LogP contribution < -0.4 is 20.5 Å². The Morgan fingerprint density at radius 3 is 2.63 bits per heavy atom. The summed E-state index contributed by atoms with van der Waals surface area (Å²) in [5.41, 5.74) is 5.30.